The fraction of sp³-hybridized carbons (Fsp3) is 0.148. The van der Waals surface area contributed by atoms with E-state index < -0.39 is 17.8 Å². The smallest absolute Gasteiger partial charge is 0.335 e. The van der Waals surface area contributed by atoms with Crippen molar-refractivity contribution in [1.82, 2.24) is 5.32 Å². The van der Waals surface area contributed by atoms with E-state index in [2.05, 4.69) is 5.32 Å². The Morgan fingerprint density at radius 2 is 1.69 bits per heavy atom. The van der Waals surface area contributed by atoms with Crippen molar-refractivity contribution >= 4 is 41.2 Å². The maximum Gasteiger partial charge on any atom is 0.335 e. The van der Waals surface area contributed by atoms with Crippen LogP contribution in [-0.4, -0.2) is 38.2 Å². The molecule has 0 aliphatic carbocycles. The third-order valence-corrected chi connectivity index (χ3v) is 5.55. The van der Waals surface area contributed by atoms with Gasteiger partial charge in [-0.1, -0.05) is 41.9 Å². The number of ether oxygens (including phenoxy) is 3. The second-order valence-electron chi connectivity index (χ2n) is 7.84. The Hall–Kier alpha value is -4.30. The lowest BCUT2D eigenvalue weighted by Gasteiger charge is -2.26. The number of halogens is 1. The first kappa shape index (κ1) is 24.8. The molecule has 1 aliphatic heterocycles. The third kappa shape index (κ3) is 5.50. The first-order chi connectivity index (χ1) is 17.4. The zero-order valence-electron chi connectivity index (χ0n) is 19.6. The monoisotopic (exact) mass is 506 g/mol. The molecule has 4 rings (SSSR count). The third-order valence-electron chi connectivity index (χ3n) is 5.27. The van der Waals surface area contributed by atoms with Gasteiger partial charge in [0.2, 0.25) is 0 Å². The van der Waals surface area contributed by atoms with Crippen molar-refractivity contribution in [3.63, 3.8) is 0 Å². The van der Waals surface area contributed by atoms with Gasteiger partial charge in [0.15, 0.2) is 11.5 Å². The standard InChI is InChI=1S/C27H23ClN2O6/c1-17-7-6-8-19(13-17)30-26(32)21(25(31)29-27(30)33)14-18-15-22(28)24(23(16-18)34-2)36-12-11-35-20-9-4-3-5-10-20/h3-10,13-16H,11-12H2,1-2H3,(H,29,31,33)/b21-14-. The molecular formula is C27H23ClN2O6. The van der Waals surface area contributed by atoms with Crippen LogP contribution < -0.4 is 24.4 Å². The summed E-state index contributed by atoms with van der Waals surface area (Å²) in [6.07, 6.45) is 1.35. The van der Waals surface area contributed by atoms with Crippen LogP contribution in [0.4, 0.5) is 10.5 Å². The van der Waals surface area contributed by atoms with E-state index in [1.807, 2.05) is 43.3 Å². The van der Waals surface area contributed by atoms with Crippen LogP contribution >= 0.6 is 11.6 Å². The summed E-state index contributed by atoms with van der Waals surface area (Å²) in [5, 5.41) is 2.43. The van der Waals surface area contributed by atoms with Crippen LogP contribution in [0.5, 0.6) is 17.2 Å². The highest BCUT2D eigenvalue weighted by molar-refractivity contribution is 6.39. The van der Waals surface area contributed by atoms with E-state index >= 15 is 0 Å². The number of aryl methyl sites for hydroxylation is 1. The molecule has 9 heteroatoms. The lowest BCUT2D eigenvalue weighted by Crippen LogP contribution is -2.54. The van der Waals surface area contributed by atoms with Gasteiger partial charge in [-0.3, -0.25) is 14.9 Å². The van der Waals surface area contributed by atoms with E-state index in [1.165, 1.54) is 13.2 Å². The van der Waals surface area contributed by atoms with E-state index in [0.717, 1.165) is 16.2 Å². The normalized spacial score (nSPS) is 14.6. The second kappa shape index (κ2) is 11.0. The molecule has 3 aromatic carbocycles. The number of hydrogen-bond acceptors (Lipinski definition) is 6. The molecule has 1 N–H and O–H groups in total. The molecule has 3 aromatic rings. The van der Waals surface area contributed by atoms with Gasteiger partial charge in [0, 0.05) is 0 Å². The summed E-state index contributed by atoms with van der Waals surface area (Å²) in [5.41, 5.74) is 1.41. The first-order valence-electron chi connectivity index (χ1n) is 11.0. The van der Waals surface area contributed by atoms with E-state index in [-0.39, 0.29) is 23.8 Å². The van der Waals surface area contributed by atoms with Crippen LogP contribution in [-0.2, 0) is 9.59 Å². The molecule has 0 unspecified atom stereocenters. The Kier molecular flexibility index (Phi) is 7.56. The topological polar surface area (TPSA) is 94.2 Å². The number of nitrogens with zero attached hydrogens (tertiary/aromatic N) is 1. The van der Waals surface area contributed by atoms with Crippen LogP contribution in [0.2, 0.25) is 5.02 Å². The number of para-hydroxylation sites is 1. The highest BCUT2D eigenvalue weighted by atomic mass is 35.5. The number of nitrogens with one attached hydrogen (secondary N) is 1. The average molecular weight is 507 g/mol. The van der Waals surface area contributed by atoms with Gasteiger partial charge in [-0.05, 0) is 60.5 Å². The zero-order valence-corrected chi connectivity index (χ0v) is 20.4. The SMILES string of the molecule is COc1cc(/C=C2/C(=O)NC(=O)N(c3cccc(C)c3)C2=O)cc(Cl)c1OCCOc1ccccc1. The van der Waals surface area contributed by atoms with Gasteiger partial charge < -0.3 is 14.2 Å². The van der Waals surface area contributed by atoms with Crippen molar-refractivity contribution in [3.05, 3.63) is 88.5 Å². The Bertz CT molecular complexity index is 1340. The van der Waals surface area contributed by atoms with Crippen molar-refractivity contribution in [1.29, 1.82) is 0 Å². The largest absolute Gasteiger partial charge is 0.493 e. The maximum atomic E-state index is 13.1. The summed E-state index contributed by atoms with van der Waals surface area (Å²) in [6, 6.07) is 18.5. The number of carbonyl (C=O) groups excluding carboxylic acids is 3. The minimum Gasteiger partial charge on any atom is -0.493 e. The zero-order chi connectivity index (χ0) is 25.7. The van der Waals surface area contributed by atoms with Crippen LogP contribution in [0.15, 0.2) is 72.3 Å². The fourth-order valence-electron chi connectivity index (χ4n) is 3.61. The summed E-state index contributed by atoms with van der Waals surface area (Å²) in [6.45, 7) is 2.33. The van der Waals surface area contributed by atoms with Gasteiger partial charge >= 0.3 is 6.03 Å². The van der Waals surface area contributed by atoms with Crippen LogP contribution in [0.1, 0.15) is 11.1 Å². The average Bonchev–Trinajstić information content (AvgIpc) is 2.85. The molecule has 0 saturated carbocycles. The van der Waals surface area contributed by atoms with Gasteiger partial charge in [-0.15, -0.1) is 0 Å². The van der Waals surface area contributed by atoms with Crippen molar-refractivity contribution in [2.24, 2.45) is 0 Å². The molecule has 8 nitrogen and oxygen atoms in total. The Morgan fingerprint density at radius 3 is 2.42 bits per heavy atom. The number of carbonyl (C=O) groups is 3. The van der Waals surface area contributed by atoms with Crippen molar-refractivity contribution in [3.8, 4) is 17.2 Å². The number of amides is 4. The minimum absolute atomic E-state index is 0.208. The van der Waals surface area contributed by atoms with Crippen LogP contribution in [0, 0.1) is 6.92 Å². The van der Waals surface area contributed by atoms with Gasteiger partial charge in [0.25, 0.3) is 11.8 Å². The van der Waals surface area contributed by atoms with Gasteiger partial charge in [-0.25, -0.2) is 9.69 Å². The molecule has 0 radical (unpaired) electrons. The Morgan fingerprint density at radius 1 is 0.944 bits per heavy atom. The number of imide groups is 2. The first-order valence-corrected chi connectivity index (χ1v) is 11.4. The van der Waals surface area contributed by atoms with E-state index in [9.17, 15) is 14.4 Å². The molecule has 1 saturated heterocycles. The predicted molar refractivity (Wildman–Crippen MR) is 136 cm³/mol. The summed E-state index contributed by atoms with van der Waals surface area (Å²) in [4.78, 5) is 39.0. The quantitative estimate of drug-likeness (QED) is 0.268. The molecule has 1 heterocycles. The van der Waals surface area contributed by atoms with E-state index in [4.69, 9.17) is 25.8 Å². The molecule has 4 amide bonds. The Balaban J connectivity index is 1.54. The van der Waals surface area contributed by atoms with Gasteiger partial charge in [0.1, 0.15) is 24.5 Å². The molecule has 1 aliphatic rings. The number of hydrogen-bond donors (Lipinski definition) is 1. The number of anilines is 1. The molecular weight excluding hydrogens is 484 g/mol. The highest BCUT2D eigenvalue weighted by Crippen LogP contribution is 2.37. The number of barbiturate groups is 1. The molecule has 0 aromatic heterocycles. The van der Waals surface area contributed by atoms with Crippen molar-refractivity contribution < 1.29 is 28.6 Å². The molecule has 36 heavy (non-hydrogen) atoms. The summed E-state index contributed by atoms with van der Waals surface area (Å²) in [7, 11) is 1.45. The highest BCUT2D eigenvalue weighted by Gasteiger charge is 2.36. The number of urea groups is 1. The van der Waals surface area contributed by atoms with Gasteiger partial charge in [0.05, 0.1) is 17.8 Å². The lowest BCUT2D eigenvalue weighted by atomic mass is 10.1. The molecule has 1 fully saturated rings. The van der Waals surface area contributed by atoms with Crippen molar-refractivity contribution in [2.45, 2.75) is 6.92 Å². The molecule has 0 atom stereocenters. The number of rotatable bonds is 8. The van der Waals surface area contributed by atoms with Crippen LogP contribution in [0.3, 0.4) is 0 Å². The number of benzene rings is 3. The van der Waals surface area contributed by atoms with Crippen molar-refractivity contribution in [2.75, 3.05) is 25.2 Å². The predicted octanol–water partition coefficient (Wildman–Crippen LogP) is 4.78. The second-order valence-corrected chi connectivity index (χ2v) is 8.25. The van der Waals surface area contributed by atoms with Gasteiger partial charge in [-0.2, -0.15) is 0 Å². The minimum atomic E-state index is -0.815. The van der Waals surface area contributed by atoms with Crippen LogP contribution in [0.25, 0.3) is 6.08 Å². The summed E-state index contributed by atoms with van der Waals surface area (Å²) < 4.78 is 16.8. The number of methoxy groups -OCH3 is 1. The summed E-state index contributed by atoms with van der Waals surface area (Å²) >= 11 is 6.44. The lowest BCUT2D eigenvalue weighted by molar-refractivity contribution is -0.122. The fourth-order valence-corrected chi connectivity index (χ4v) is 3.88. The summed E-state index contributed by atoms with van der Waals surface area (Å²) in [5.74, 6) is -0.224. The van der Waals surface area contributed by atoms with E-state index in [1.54, 1.807) is 30.3 Å². The van der Waals surface area contributed by atoms with E-state index in [0.29, 0.717) is 22.7 Å². The molecule has 0 spiro atoms. The molecule has 0 bridgehead atoms. The maximum absolute atomic E-state index is 13.1. The molecule has 184 valence electrons. The Labute approximate surface area is 213 Å².